The fourth-order valence-electron chi connectivity index (χ4n) is 1.88. The fourth-order valence-corrected chi connectivity index (χ4v) is 3.55. The molecule has 5 nitrogen and oxygen atoms in total. The van der Waals surface area contributed by atoms with Crippen LogP contribution in [0.4, 0.5) is 0 Å². The van der Waals surface area contributed by atoms with Crippen molar-refractivity contribution in [2.45, 2.75) is 38.1 Å². The lowest BCUT2D eigenvalue weighted by Crippen LogP contribution is -2.38. The lowest BCUT2D eigenvalue weighted by atomic mass is 10.2. The Bertz CT molecular complexity index is 549. The molecule has 0 unspecified atom stereocenters. The van der Waals surface area contributed by atoms with E-state index in [9.17, 15) is 13.2 Å². The quantitative estimate of drug-likeness (QED) is 0.777. The average Bonchev–Trinajstić information content (AvgIpc) is 2.38. The summed E-state index contributed by atoms with van der Waals surface area (Å²) in [5.74, 6) is -0.102. The van der Waals surface area contributed by atoms with E-state index in [-0.39, 0.29) is 29.9 Å². The van der Waals surface area contributed by atoms with E-state index in [0.29, 0.717) is 12.0 Å². The summed E-state index contributed by atoms with van der Waals surface area (Å²) in [7, 11) is -3.60. The Hall–Kier alpha value is -1.24. The molecule has 0 aliphatic carbocycles. The third-order valence-electron chi connectivity index (χ3n) is 2.98. The topological polar surface area (TPSA) is 74.7 Å². The molecule has 0 atom stereocenters. The first-order valence-corrected chi connectivity index (χ1v) is 7.98. The Morgan fingerprint density at radius 2 is 1.80 bits per heavy atom. The lowest BCUT2D eigenvalue weighted by Gasteiger charge is -2.25. The van der Waals surface area contributed by atoms with Gasteiger partial charge in [0, 0.05) is 24.8 Å². The summed E-state index contributed by atoms with van der Waals surface area (Å²) in [4.78, 5) is 11.4. The molecule has 0 heterocycles. The van der Waals surface area contributed by atoms with Crippen LogP contribution in [0.3, 0.4) is 0 Å². The zero-order valence-corrected chi connectivity index (χ0v) is 12.9. The van der Waals surface area contributed by atoms with Gasteiger partial charge in [-0.25, -0.2) is 8.42 Å². The van der Waals surface area contributed by atoms with Crippen molar-refractivity contribution >= 4 is 15.8 Å². The SMILES string of the molecule is CC(=O)c1ccc(S(=O)(=O)N(CCCO)C(C)C)cc1. The van der Waals surface area contributed by atoms with Crippen LogP contribution in [-0.4, -0.2) is 42.8 Å². The molecule has 0 fully saturated rings. The third-order valence-corrected chi connectivity index (χ3v) is 5.07. The van der Waals surface area contributed by atoms with Crippen molar-refractivity contribution in [3.8, 4) is 0 Å². The summed E-state index contributed by atoms with van der Waals surface area (Å²) in [6, 6.07) is 5.72. The van der Waals surface area contributed by atoms with Crippen LogP contribution in [0.1, 0.15) is 37.6 Å². The number of Topliss-reactive ketones (excluding diaryl/α,β-unsaturated/α-hetero) is 1. The highest BCUT2D eigenvalue weighted by atomic mass is 32.2. The Morgan fingerprint density at radius 1 is 1.25 bits per heavy atom. The van der Waals surface area contributed by atoms with E-state index >= 15 is 0 Å². The predicted octanol–water partition coefficient (Wildman–Crippen LogP) is 1.67. The lowest BCUT2D eigenvalue weighted by molar-refractivity contribution is 0.101. The number of carbonyl (C=O) groups is 1. The molecule has 1 aromatic rings. The van der Waals surface area contributed by atoms with Crippen LogP contribution in [0.5, 0.6) is 0 Å². The molecule has 1 rings (SSSR count). The number of rotatable bonds is 7. The molecule has 0 aromatic heterocycles. The number of sulfonamides is 1. The smallest absolute Gasteiger partial charge is 0.243 e. The molecule has 1 N–H and O–H groups in total. The molecule has 0 radical (unpaired) electrons. The fraction of sp³-hybridized carbons (Fsp3) is 0.500. The molecule has 0 aliphatic rings. The Morgan fingerprint density at radius 3 is 2.20 bits per heavy atom. The number of benzene rings is 1. The molecular formula is C14H21NO4S. The van der Waals surface area contributed by atoms with Crippen LogP contribution < -0.4 is 0 Å². The molecule has 6 heteroatoms. The predicted molar refractivity (Wildman–Crippen MR) is 77.2 cm³/mol. The van der Waals surface area contributed by atoms with E-state index < -0.39 is 10.0 Å². The third kappa shape index (κ3) is 3.88. The van der Waals surface area contributed by atoms with E-state index in [4.69, 9.17) is 5.11 Å². The summed E-state index contributed by atoms with van der Waals surface area (Å²) in [6.07, 6.45) is 0.392. The van der Waals surface area contributed by atoms with Gasteiger partial charge in [-0.3, -0.25) is 4.79 Å². The van der Waals surface area contributed by atoms with Gasteiger partial charge in [0.25, 0.3) is 0 Å². The normalized spacial score (nSPS) is 12.1. The van der Waals surface area contributed by atoms with Crippen molar-refractivity contribution in [3.05, 3.63) is 29.8 Å². The minimum atomic E-state index is -3.60. The van der Waals surface area contributed by atoms with Gasteiger partial charge in [0.2, 0.25) is 10.0 Å². The molecule has 0 aliphatic heterocycles. The Kier molecular flexibility index (Phi) is 5.86. The van der Waals surface area contributed by atoms with Crippen LogP contribution >= 0.6 is 0 Å². The summed E-state index contributed by atoms with van der Waals surface area (Å²) in [6.45, 7) is 5.23. The van der Waals surface area contributed by atoms with Crippen molar-refractivity contribution in [3.63, 3.8) is 0 Å². The van der Waals surface area contributed by atoms with Crippen molar-refractivity contribution in [1.82, 2.24) is 4.31 Å². The monoisotopic (exact) mass is 299 g/mol. The molecule has 0 saturated carbocycles. The Labute approximate surface area is 120 Å². The number of ketones is 1. The second kappa shape index (κ2) is 6.97. The van der Waals surface area contributed by atoms with Gasteiger partial charge < -0.3 is 5.11 Å². The number of hydrogen-bond acceptors (Lipinski definition) is 4. The van der Waals surface area contributed by atoms with E-state index in [2.05, 4.69) is 0 Å². The van der Waals surface area contributed by atoms with Crippen molar-refractivity contribution in [2.75, 3.05) is 13.2 Å². The average molecular weight is 299 g/mol. The first-order chi connectivity index (χ1) is 9.30. The van der Waals surface area contributed by atoms with E-state index in [1.807, 2.05) is 0 Å². The molecular weight excluding hydrogens is 278 g/mol. The molecule has 0 amide bonds. The maximum atomic E-state index is 12.5. The van der Waals surface area contributed by atoms with Gasteiger partial charge in [-0.05, 0) is 39.3 Å². The van der Waals surface area contributed by atoms with Crippen molar-refractivity contribution in [1.29, 1.82) is 0 Å². The van der Waals surface area contributed by atoms with Crippen molar-refractivity contribution < 1.29 is 18.3 Å². The van der Waals surface area contributed by atoms with Crippen LogP contribution in [0, 0.1) is 0 Å². The summed E-state index contributed by atoms with van der Waals surface area (Å²) >= 11 is 0. The Balaban J connectivity index is 3.09. The summed E-state index contributed by atoms with van der Waals surface area (Å²) < 4.78 is 26.4. The largest absolute Gasteiger partial charge is 0.396 e. The summed E-state index contributed by atoms with van der Waals surface area (Å²) in [5, 5.41) is 8.87. The zero-order chi connectivity index (χ0) is 15.3. The van der Waals surface area contributed by atoms with Gasteiger partial charge in [0.15, 0.2) is 5.78 Å². The van der Waals surface area contributed by atoms with Gasteiger partial charge in [-0.15, -0.1) is 0 Å². The highest BCUT2D eigenvalue weighted by Gasteiger charge is 2.26. The standard InChI is InChI=1S/C14H21NO4S/c1-11(2)15(9-4-10-16)20(18,19)14-7-5-13(6-8-14)12(3)17/h5-8,11,16H,4,9-10H2,1-3H3. The van der Waals surface area contributed by atoms with Gasteiger partial charge in [0.05, 0.1) is 4.90 Å². The van der Waals surface area contributed by atoms with Crippen molar-refractivity contribution in [2.24, 2.45) is 0 Å². The highest BCUT2D eigenvalue weighted by molar-refractivity contribution is 7.89. The zero-order valence-electron chi connectivity index (χ0n) is 12.0. The second-order valence-corrected chi connectivity index (χ2v) is 6.76. The number of hydrogen-bond donors (Lipinski definition) is 1. The molecule has 20 heavy (non-hydrogen) atoms. The highest BCUT2D eigenvalue weighted by Crippen LogP contribution is 2.19. The first-order valence-electron chi connectivity index (χ1n) is 6.54. The maximum Gasteiger partial charge on any atom is 0.243 e. The number of aliphatic hydroxyl groups is 1. The van der Waals surface area contributed by atoms with Gasteiger partial charge in [-0.2, -0.15) is 4.31 Å². The molecule has 112 valence electrons. The van der Waals surface area contributed by atoms with Crippen LogP contribution in [0.2, 0.25) is 0 Å². The number of carbonyl (C=O) groups excluding carboxylic acids is 1. The maximum absolute atomic E-state index is 12.5. The minimum Gasteiger partial charge on any atom is -0.396 e. The molecule has 0 spiro atoms. The summed E-state index contributed by atoms with van der Waals surface area (Å²) in [5.41, 5.74) is 0.482. The minimum absolute atomic E-state index is 0.0536. The van der Waals surface area contributed by atoms with E-state index in [1.54, 1.807) is 13.8 Å². The van der Waals surface area contributed by atoms with Gasteiger partial charge >= 0.3 is 0 Å². The molecule has 1 aromatic carbocycles. The van der Waals surface area contributed by atoms with E-state index in [1.165, 1.54) is 35.5 Å². The van der Waals surface area contributed by atoms with Gasteiger partial charge in [-0.1, -0.05) is 12.1 Å². The molecule has 0 bridgehead atoms. The van der Waals surface area contributed by atoms with E-state index in [0.717, 1.165) is 0 Å². The van der Waals surface area contributed by atoms with Crippen LogP contribution in [0.25, 0.3) is 0 Å². The number of nitrogens with zero attached hydrogens (tertiary/aromatic N) is 1. The van der Waals surface area contributed by atoms with Gasteiger partial charge in [0.1, 0.15) is 0 Å². The second-order valence-electron chi connectivity index (χ2n) is 4.87. The number of aliphatic hydroxyl groups excluding tert-OH is 1. The van der Waals surface area contributed by atoms with Crippen LogP contribution in [0.15, 0.2) is 29.2 Å². The van der Waals surface area contributed by atoms with Crippen LogP contribution in [-0.2, 0) is 10.0 Å². The first kappa shape index (κ1) is 16.8. The molecule has 0 saturated heterocycles.